The molecule has 0 saturated carbocycles. The van der Waals surface area contributed by atoms with Crippen LogP contribution in [-0.2, 0) is 10.4 Å². The van der Waals surface area contributed by atoms with Crippen molar-refractivity contribution in [2.45, 2.75) is 45.3 Å². The average molecular weight is 493 g/mol. The van der Waals surface area contributed by atoms with Gasteiger partial charge in [-0.15, -0.1) is 12.4 Å². The second-order valence-corrected chi connectivity index (χ2v) is 10.2. The number of piperidine rings is 1. The van der Waals surface area contributed by atoms with E-state index < -0.39 is 23.2 Å². The molecule has 0 unspecified atom stereocenters. The first-order valence-electron chi connectivity index (χ1n) is 11.9. The minimum Gasteiger partial charge on any atom is -0.384 e. The van der Waals surface area contributed by atoms with Crippen molar-refractivity contribution >= 4 is 18.3 Å². The lowest BCUT2D eigenvalue weighted by Gasteiger charge is -2.48. The van der Waals surface area contributed by atoms with E-state index in [9.17, 15) is 18.7 Å². The third kappa shape index (κ3) is 4.73. The Morgan fingerprint density at radius 1 is 1.00 bits per heavy atom. The van der Waals surface area contributed by atoms with Gasteiger partial charge in [0.2, 0.25) is 5.91 Å². The van der Waals surface area contributed by atoms with Crippen molar-refractivity contribution in [1.82, 2.24) is 9.80 Å². The Morgan fingerprint density at radius 3 is 2.18 bits per heavy atom. The van der Waals surface area contributed by atoms with Crippen LogP contribution in [0.2, 0.25) is 0 Å². The molecule has 2 aromatic carbocycles. The van der Waals surface area contributed by atoms with Gasteiger partial charge in [0, 0.05) is 56.0 Å². The minimum absolute atomic E-state index is 0. The van der Waals surface area contributed by atoms with Crippen LogP contribution < -0.4 is 0 Å². The van der Waals surface area contributed by atoms with Gasteiger partial charge in [-0.05, 0) is 31.0 Å². The van der Waals surface area contributed by atoms with Gasteiger partial charge >= 0.3 is 0 Å². The van der Waals surface area contributed by atoms with Crippen LogP contribution in [0.4, 0.5) is 8.78 Å². The lowest BCUT2D eigenvalue weighted by atomic mass is 9.70. The van der Waals surface area contributed by atoms with E-state index in [4.69, 9.17) is 0 Å². The fourth-order valence-corrected chi connectivity index (χ4v) is 5.81. The van der Waals surface area contributed by atoms with E-state index in [-0.39, 0.29) is 42.1 Å². The normalized spacial score (nSPS) is 29.8. The van der Waals surface area contributed by atoms with Crippen molar-refractivity contribution in [3.05, 3.63) is 71.3 Å². The molecule has 2 aliphatic heterocycles. The molecule has 4 rings (SSSR count). The number of halogens is 3. The zero-order chi connectivity index (χ0) is 23.9. The Balaban J connectivity index is 0.00000324. The number of amides is 1. The van der Waals surface area contributed by atoms with E-state index in [0.29, 0.717) is 31.7 Å². The topological polar surface area (TPSA) is 43.8 Å². The highest BCUT2D eigenvalue weighted by molar-refractivity contribution is 5.85. The highest BCUT2D eigenvalue weighted by Gasteiger charge is 2.49. The molecule has 2 aliphatic rings. The third-order valence-corrected chi connectivity index (χ3v) is 7.80. The van der Waals surface area contributed by atoms with Crippen molar-refractivity contribution in [3.63, 3.8) is 0 Å². The number of benzene rings is 2. The second kappa shape index (κ2) is 10.3. The van der Waals surface area contributed by atoms with Crippen molar-refractivity contribution < 1.29 is 18.7 Å². The Hall–Kier alpha value is -2.02. The van der Waals surface area contributed by atoms with Crippen molar-refractivity contribution in [3.8, 4) is 0 Å². The standard InChI is InChI=1S/C27H34F2N2O2.ClH/c1-17(2)30-15-23(22-11-10-21(28)12-25(22)29)24(16-30)26(32)31-13-18(3)27(33,19(4)14-31)20-8-6-5-7-9-20;/h5-12,17-19,23-24,33H,13-16H2,1-4H3;1H/t18-,19+,23-,24+,27+;/m0./s1. The largest absolute Gasteiger partial charge is 0.384 e. The number of aliphatic hydroxyl groups is 1. The predicted molar refractivity (Wildman–Crippen MR) is 132 cm³/mol. The Kier molecular flexibility index (Phi) is 8.06. The first-order valence-corrected chi connectivity index (χ1v) is 11.9. The molecule has 0 spiro atoms. The molecule has 2 heterocycles. The maximum absolute atomic E-state index is 14.7. The van der Waals surface area contributed by atoms with E-state index in [2.05, 4.69) is 18.7 Å². The molecule has 34 heavy (non-hydrogen) atoms. The average Bonchev–Trinajstić information content (AvgIpc) is 3.22. The molecule has 4 nitrogen and oxygen atoms in total. The summed E-state index contributed by atoms with van der Waals surface area (Å²) >= 11 is 0. The van der Waals surface area contributed by atoms with Crippen molar-refractivity contribution in [2.75, 3.05) is 26.2 Å². The molecule has 1 amide bonds. The minimum atomic E-state index is -1.01. The van der Waals surface area contributed by atoms with Crippen LogP contribution in [0.25, 0.3) is 0 Å². The summed E-state index contributed by atoms with van der Waals surface area (Å²) in [6.45, 7) is 10.1. The fourth-order valence-electron chi connectivity index (χ4n) is 5.81. The SMILES string of the molecule is CC(C)N1C[C@@H](C(=O)N2C[C@@H](C)[C@@](O)(c3ccccc3)[C@@H](C)C2)[C@H](c2ccc(F)cc2F)C1.Cl. The monoisotopic (exact) mass is 492 g/mol. The molecule has 0 aromatic heterocycles. The highest BCUT2D eigenvalue weighted by Crippen LogP contribution is 2.43. The van der Waals surface area contributed by atoms with Crippen LogP contribution in [-0.4, -0.2) is 53.0 Å². The van der Waals surface area contributed by atoms with E-state index >= 15 is 0 Å². The molecule has 2 aromatic rings. The lowest BCUT2D eigenvalue weighted by molar-refractivity contribution is -0.152. The predicted octanol–water partition coefficient (Wildman–Crippen LogP) is 4.81. The summed E-state index contributed by atoms with van der Waals surface area (Å²) in [5.41, 5.74) is 0.257. The van der Waals surface area contributed by atoms with Gasteiger partial charge in [-0.2, -0.15) is 0 Å². The number of carbonyl (C=O) groups is 1. The summed E-state index contributed by atoms with van der Waals surface area (Å²) in [5.74, 6) is -2.28. The van der Waals surface area contributed by atoms with Gasteiger partial charge in [-0.1, -0.05) is 50.2 Å². The molecule has 0 aliphatic carbocycles. The van der Waals surface area contributed by atoms with Gasteiger partial charge in [-0.3, -0.25) is 9.69 Å². The molecular formula is C27H35ClF2N2O2. The highest BCUT2D eigenvalue weighted by atomic mass is 35.5. The molecule has 1 N–H and O–H groups in total. The Labute approximate surface area is 207 Å². The van der Waals surface area contributed by atoms with Gasteiger partial charge in [0.15, 0.2) is 0 Å². The summed E-state index contributed by atoms with van der Waals surface area (Å²) in [4.78, 5) is 17.8. The number of likely N-dealkylation sites (tertiary alicyclic amines) is 2. The molecule has 186 valence electrons. The molecule has 2 saturated heterocycles. The molecule has 7 heteroatoms. The third-order valence-electron chi connectivity index (χ3n) is 7.80. The van der Waals surface area contributed by atoms with Gasteiger partial charge in [0.25, 0.3) is 0 Å². The quantitative estimate of drug-likeness (QED) is 0.666. The molecule has 0 radical (unpaired) electrons. The molecule has 2 fully saturated rings. The maximum Gasteiger partial charge on any atom is 0.227 e. The zero-order valence-corrected chi connectivity index (χ0v) is 21.1. The van der Waals surface area contributed by atoms with Crippen LogP contribution >= 0.6 is 12.4 Å². The van der Waals surface area contributed by atoms with E-state index in [1.54, 1.807) is 0 Å². The summed E-state index contributed by atoms with van der Waals surface area (Å²) in [6.07, 6.45) is 0. The fraction of sp³-hybridized carbons (Fsp3) is 0.519. The maximum atomic E-state index is 14.7. The van der Waals surface area contributed by atoms with Crippen LogP contribution in [0.5, 0.6) is 0 Å². The zero-order valence-electron chi connectivity index (χ0n) is 20.2. The van der Waals surface area contributed by atoms with Crippen molar-refractivity contribution in [2.24, 2.45) is 17.8 Å². The van der Waals surface area contributed by atoms with E-state index in [0.717, 1.165) is 11.6 Å². The van der Waals surface area contributed by atoms with E-state index in [1.165, 1.54) is 12.1 Å². The van der Waals surface area contributed by atoms with Crippen LogP contribution in [0.1, 0.15) is 44.7 Å². The molecular weight excluding hydrogens is 458 g/mol. The number of hydrogen-bond acceptors (Lipinski definition) is 3. The second-order valence-electron chi connectivity index (χ2n) is 10.2. The Bertz CT molecular complexity index is 991. The van der Waals surface area contributed by atoms with Gasteiger partial charge in [0.1, 0.15) is 11.6 Å². The van der Waals surface area contributed by atoms with Crippen LogP contribution in [0.15, 0.2) is 48.5 Å². The molecule has 0 bridgehead atoms. The van der Waals surface area contributed by atoms with Gasteiger partial charge in [-0.25, -0.2) is 8.78 Å². The van der Waals surface area contributed by atoms with Gasteiger partial charge in [0.05, 0.1) is 11.5 Å². The number of carbonyl (C=O) groups excluding carboxylic acids is 1. The Morgan fingerprint density at radius 2 is 1.62 bits per heavy atom. The smallest absolute Gasteiger partial charge is 0.227 e. The summed E-state index contributed by atoms with van der Waals surface area (Å²) in [5, 5.41) is 11.6. The first kappa shape index (κ1) is 26.6. The summed E-state index contributed by atoms with van der Waals surface area (Å²) in [6, 6.07) is 13.5. The summed E-state index contributed by atoms with van der Waals surface area (Å²) < 4.78 is 28.2. The number of rotatable bonds is 4. The number of hydrogen-bond donors (Lipinski definition) is 1. The van der Waals surface area contributed by atoms with Crippen molar-refractivity contribution in [1.29, 1.82) is 0 Å². The van der Waals surface area contributed by atoms with E-state index in [1.807, 2.05) is 49.1 Å². The molecule has 5 atom stereocenters. The first-order chi connectivity index (χ1) is 15.6. The lowest BCUT2D eigenvalue weighted by Crippen LogP contribution is -2.57. The van der Waals surface area contributed by atoms with Crippen LogP contribution in [0.3, 0.4) is 0 Å². The number of nitrogens with zero attached hydrogens (tertiary/aromatic N) is 2. The van der Waals surface area contributed by atoms with Gasteiger partial charge < -0.3 is 10.0 Å². The summed E-state index contributed by atoms with van der Waals surface area (Å²) in [7, 11) is 0. The van der Waals surface area contributed by atoms with Crippen LogP contribution in [0, 0.1) is 29.4 Å².